The molecule has 0 aromatic heterocycles. The van der Waals surface area contributed by atoms with E-state index in [1.807, 2.05) is 13.2 Å². The lowest BCUT2D eigenvalue weighted by molar-refractivity contribution is -0.146. The van der Waals surface area contributed by atoms with Crippen molar-refractivity contribution >= 4 is 23.6 Å². The van der Waals surface area contributed by atoms with Crippen LogP contribution in [0.15, 0.2) is 0 Å². The summed E-state index contributed by atoms with van der Waals surface area (Å²) in [4.78, 5) is 23.2. The molecule has 4 nitrogen and oxygen atoms in total. The third kappa shape index (κ3) is 3.90. The van der Waals surface area contributed by atoms with E-state index in [0.717, 1.165) is 0 Å². The highest BCUT2D eigenvalue weighted by atomic mass is 32.2. The van der Waals surface area contributed by atoms with Crippen molar-refractivity contribution in [2.24, 2.45) is 17.8 Å². The van der Waals surface area contributed by atoms with E-state index in [4.69, 9.17) is 5.11 Å². The summed E-state index contributed by atoms with van der Waals surface area (Å²) in [6, 6.07) is 0. The molecule has 0 aliphatic heterocycles. The van der Waals surface area contributed by atoms with Gasteiger partial charge in [-0.15, -0.1) is 0 Å². The topological polar surface area (TPSA) is 66.4 Å². The van der Waals surface area contributed by atoms with Crippen molar-refractivity contribution in [1.82, 2.24) is 5.32 Å². The van der Waals surface area contributed by atoms with E-state index in [2.05, 4.69) is 19.2 Å². The Hall–Kier alpha value is -0.710. The van der Waals surface area contributed by atoms with Crippen molar-refractivity contribution in [3.05, 3.63) is 0 Å². The molecule has 0 spiro atoms. The van der Waals surface area contributed by atoms with Gasteiger partial charge in [-0.05, 0) is 38.9 Å². The fraction of sp³-hybridized carbons (Fsp3) is 0.846. The third-order valence-corrected chi connectivity index (χ3v) is 4.94. The van der Waals surface area contributed by atoms with Crippen molar-refractivity contribution in [2.75, 3.05) is 12.8 Å². The molecule has 1 aliphatic rings. The number of amides is 1. The standard InChI is InChI=1S/C13H23NO3S/c1-8-5-9(10(6-8)12(16)17)11(15)14-7-13(2,3)18-4/h8-10H,5-7H2,1-4H3,(H,14,15)(H,16,17)/t8?,9-,10+/m0/s1. The van der Waals surface area contributed by atoms with Crippen LogP contribution in [0.5, 0.6) is 0 Å². The Kier molecular flexibility index (Phi) is 5.08. The van der Waals surface area contributed by atoms with Gasteiger partial charge in [0.15, 0.2) is 0 Å². The molecule has 1 aliphatic carbocycles. The first-order valence-corrected chi connectivity index (χ1v) is 7.55. The second-order valence-corrected chi connectivity index (χ2v) is 7.32. The number of aliphatic carboxylic acids is 1. The molecule has 5 heteroatoms. The highest BCUT2D eigenvalue weighted by molar-refractivity contribution is 7.99. The molecule has 0 radical (unpaired) electrons. The normalized spacial score (nSPS) is 28.1. The van der Waals surface area contributed by atoms with Gasteiger partial charge in [0.1, 0.15) is 0 Å². The third-order valence-electron chi connectivity index (χ3n) is 3.69. The van der Waals surface area contributed by atoms with Crippen LogP contribution in [0.4, 0.5) is 0 Å². The fourth-order valence-electron chi connectivity index (χ4n) is 2.36. The Labute approximate surface area is 113 Å². The monoisotopic (exact) mass is 273 g/mol. The van der Waals surface area contributed by atoms with Crippen molar-refractivity contribution in [3.63, 3.8) is 0 Å². The maximum Gasteiger partial charge on any atom is 0.307 e. The van der Waals surface area contributed by atoms with E-state index in [-0.39, 0.29) is 16.6 Å². The van der Waals surface area contributed by atoms with Crippen LogP contribution in [0.3, 0.4) is 0 Å². The zero-order valence-electron chi connectivity index (χ0n) is 11.5. The van der Waals surface area contributed by atoms with Gasteiger partial charge in [0.2, 0.25) is 5.91 Å². The number of rotatable bonds is 5. The van der Waals surface area contributed by atoms with Gasteiger partial charge in [0.25, 0.3) is 0 Å². The molecule has 104 valence electrons. The van der Waals surface area contributed by atoms with Crippen molar-refractivity contribution in [3.8, 4) is 0 Å². The van der Waals surface area contributed by atoms with Crippen LogP contribution in [0.2, 0.25) is 0 Å². The van der Waals surface area contributed by atoms with Gasteiger partial charge in [-0.25, -0.2) is 0 Å². The van der Waals surface area contributed by atoms with E-state index >= 15 is 0 Å². The van der Waals surface area contributed by atoms with Gasteiger partial charge in [0.05, 0.1) is 11.8 Å². The number of carbonyl (C=O) groups excluding carboxylic acids is 1. The molecule has 1 fully saturated rings. The average Bonchev–Trinajstić information content (AvgIpc) is 2.68. The zero-order valence-corrected chi connectivity index (χ0v) is 12.3. The number of hydrogen-bond donors (Lipinski definition) is 2. The molecule has 0 saturated heterocycles. The second-order valence-electron chi connectivity index (χ2n) is 5.81. The molecule has 1 unspecified atom stereocenters. The number of nitrogens with one attached hydrogen (secondary N) is 1. The summed E-state index contributed by atoms with van der Waals surface area (Å²) in [5.74, 6) is -1.51. The van der Waals surface area contributed by atoms with Gasteiger partial charge >= 0.3 is 5.97 Å². The van der Waals surface area contributed by atoms with Crippen molar-refractivity contribution < 1.29 is 14.7 Å². The first-order chi connectivity index (χ1) is 8.26. The van der Waals surface area contributed by atoms with Crippen LogP contribution >= 0.6 is 11.8 Å². The number of hydrogen-bond acceptors (Lipinski definition) is 3. The molecule has 2 N–H and O–H groups in total. The molecule has 0 aromatic carbocycles. The molecule has 1 rings (SSSR count). The minimum Gasteiger partial charge on any atom is -0.481 e. The summed E-state index contributed by atoms with van der Waals surface area (Å²) < 4.78 is -0.0153. The minimum atomic E-state index is -0.844. The van der Waals surface area contributed by atoms with E-state index in [9.17, 15) is 9.59 Å². The summed E-state index contributed by atoms with van der Waals surface area (Å²) in [5.41, 5.74) is 0. The minimum absolute atomic E-state index is 0.0153. The first-order valence-electron chi connectivity index (χ1n) is 6.32. The van der Waals surface area contributed by atoms with E-state index in [1.165, 1.54) is 0 Å². The average molecular weight is 273 g/mol. The summed E-state index contributed by atoms with van der Waals surface area (Å²) in [6.45, 7) is 6.70. The summed E-state index contributed by atoms with van der Waals surface area (Å²) in [5, 5.41) is 12.0. The largest absolute Gasteiger partial charge is 0.481 e. The number of thioether (sulfide) groups is 1. The predicted molar refractivity (Wildman–Crippen MR) is 73.6 cm³/mol. The van der Waals surface area contributed by atoms with E-state index in [0.29, 0.717) is 25.3 Å². The van der Waals surface area contributed by atoms with Crippen LogP contribution in [0.25, 0.3) is 0 Å². The van der Waals surface area contributed by atoms with E-state index < -0.39 is 11.9 Å². The molecule has 1 saturated carbocycles. The Morgan fingerprint density at radius 1 is 1.33 bits per heavy atom. The van der Waals surface area contributed by atoms with Crippen LogP contribution in [0.1, 0.15) is 33.6 Å². The molecule has 0 bridgehead atoms. The van der Waals surface area contributed by atoms with Gasteiger partial charge in [-0.1, -0.05) is 6.92 Å². The molecule has 1 amide bonds. The number of carboxylic acids is 1. The number of carboxylic acid groups (broad SMARTS) is 1. The van der Waals surface area contributed by atoms with Crippen molar-refractivity contribution in [2.45, 2.75) is 38.4 Å². The molecule has 3 atom stereocenters. The molecule has 0 aromatic rings. The molecular weight excluding hydrogens is 250 g/mol. The quantitative estimate of drug-likeness (QED) is 0.804. The zero-order chi connectivity index (χ0) is 13.9. The first kappa shape index (κ1) is 15.3. The van der Waals surface area contributed by atoms with Crippen molar-refractivity contribution in [1.29, 1.82) is 0 Å². The van der Waals surface area contributed by atoms with Crippen LogP contribution in [-0.2, 0) is 9.59 Å². The highest BCUT2D eigenvalue weighted by Gasteiger charge is 2.41. The maximum atomic E-state index is 12.1. The van der Waals surface area contributed by atoms with Gasteiger partial charge in [-0.3, -0.25) is 9.59 Å². The van der Waals surface area contributed by atoms with E-state index in [1.54, 1.807) is 11.8 Å². The Balaban J connectivity index is 2.58. The van der Waals surface area contributed by atoms with Gasteiger partial charge < -0.3 is 10.4 Å². The lowest BCUT2D eigenvalue weighted by atomic mass is 9.95. The van der Waals surface area contributed by atoms with Crippen LogP contribution < -0.4 is 5.32 Å². The summed E-state index contributed by atoms with van der Waals surface area (Å²) in [6.07, 6.45) is 3.30. The predicted octanol–water partition coefficient (Wildman–Crippen LogP) is 1.99. The molecule has 0 heterocycles. The van der Waals surface area contributed by atoms with Crippen LogP contribution in [-0.4, -0.2) is 34.5 Å². The Morgan fingerprint density at radius 2 is 1.89 bits per heavy atom. The summed E-state index contributed by atoms with van der Waals surface area (Å²) >= 11 is 1.69. The fourth-order valence-corrected chi connectivity index (χ4v) is 2.57. The molecular formula is C13H23NO3S. The smallest absolute Gasteiger partial charge is 0.307 e. The maximum absolute atomic E-state index is 12.1. The Morgan fingerprint density at radius 3 is 2.39 bits per heavy atom. The number of carbonyl (C=O) groups is 2. The SMILES string of the molecule is CSC(C)(C)CNC(=O)[C@H]1CC(C)C[C@H]1C(=O)O. The lowest BCUT2D eigenvalue weighted by Gasteiger charge is -2.24. The lowest BCUT2D eigenvalue weighted by Crippen LogP contribution is -2.41. The molecule has 18 heavy (non-hydrogen) atoms. The van der Waals surface area contributed by atoms with Crippen LogP contribution in [0, 0.1) is 17.8 Å². The Bertz CT molecular complexity index is 330. The second kappa shape index (κ2) is 5.95. The highest BCUT2D eigenvalue weighted by Crippen LogP contribution is 2.36. The van der Waals surface area contributed by atoms with Gasteiger partial charge in [0, 0.05) is 11.3 Å². The summed E-state index contributed by atoms with van der Waals surface area (Å²) in [7, 11) is 0. The van der Waals surface area contributed by atoms with Gasteiger partial charge in [-0.2, -0.15) is 11.8 Å².